The molecule has 0 aliphatic heterocycles. The Bertz CT molecular complexity index is 983. The molecule has 5 nitrogen and oxygen atoms in total. The monoisotopic (exact) mass is 370 g/mol. The zero-order valence-corrected chi connectivity index (χ0v) is 14.9. The van der Waals surface area contributed by atoms with Crippen LogP contribution in [0.4, 0.5) is 0 Å². The fourth-order valence-corrected chi connectivity index (χ4v) is 3.47. The third kappa shape index (κ3) is 3.81. The minimum Gasteiger partial charge on any atom is -0.388 e. The molecule has 0 bridgehead atoms. The molecule has 0 amide bonds. The van der Waals surface area contributed by atoms with Gasteiger partial charge in [-0.05, 0) is 35.4 Å². The van der Waals surface area contributed by atoms with Crippen LogP contribution in [0.1, 0.15) is 16.3 Å². The van der Waals surface area contributed by atoms with Crippen molar-refractivity contribution in [1.82, 2.24) is 20.1 Å². The van der Waals surface area contributed by atoms with Gasteiger partial charge in [-0.2, -0.15) is 0 Å². The molecule has 4 rings (SSSR count). The molecule has 0 saturated carbocycles. The van der Waals surface area contributed by atoms with Crippen molar-refractivity contribution < 1.29 is 4.84 Å². The molecular formula is C18H15ClN4OS. The third-order valence-corrected chi connectivity index (χ3v) is 4.97. The summed E-state index contributed by atoms with van der Waals surface area (Å²) in [6.45, 7) is 0.340. The first-order valence-electron chi connectivity index (χ1n) is 7.89. The molecule has 2 heterocycles. The van der Waals surface area contributed by atoms with Gasteiger partial charge in [0.2, 0.25) is 0 Å². The van der Waals surface area contributed by atoms with Gasteiger partial charge in [-0.25, -0.2) is 4.98 Å². The number of nitrogens with zero attached hydrogens (tertiary/aromatic N) is 4. The van der Waals surface area contributed by atoms with Gasteiger partial charge in [0.05, 0.1) is 10.7 Å². The van der Waals surface area contributed by atoms with Crippen LogP contribution in [-0.4, -0.2) is 20.1 Å². The Kier molecular flexibility index (Phi) is 4.63. The van der Waals surface area contributed by atoms with E-state index in [9.17, 15) is 0 Å². The number of rotatable bonds is 6. The highest BCUT2D eigenvalue weighted by Crippen LogP contribution is 2.17. The van der Waals surface area contributed by atoms with E-state index in [-0.39, 0.29) is 0 Å². The van der Waals surface area contributed by atoms with E-state index in [1.807, 2.05) is 17.5 Å². The van der Waals surface area contributed by atoms with E-state index in [0.29, 0.717) is 11.6 Å². The molecule has 2 aromatic heterocycles. The molecule has 0 aliphatic rings. The average molecular weight is 371 g/mol. The predicted octanol–water partition coefficient (Wildman–Crippen LogP) is 3.96. The second-order valence-electron chi connectivity index (χ2n) is 5.59. The minimum atomic E-state index is 0.340. The lowest BCUT2D eigenvalue weighted by Crippen LogP contribution is -2.13. The molecule has 0 fully saturated rings. The number of aromatic nitrogens is 4. The SMILES string of the molecule is Clc1ccc2nnn(OCc3csc(CCc4ccccc4)n3)c2c1. The summed E-state index contributed by atoms with van der Waals surface area (Å²) in [5, 5.41) is 11.8. The fraction of sp³-hybridized carbons (Fsp3) is 0.167. The summed E-state index contributed by atoms with van der Waals surface area (Å²) in [5.74, 6) is 0. The van der Waals surface area contributed by atoms with Crippen LogP contribution < -0.4 is 4.84 Å². The van der Waals surface area contributed by atoms with Gasteiger partial charge in [-0.3, -0.25) is 0 Å². The van der Waals surface area contributed by atoms with Gasteiger partial charge in [0.15, 0.2) is 6.61 Å². The Balaban J connectivity index is 1.38. The first-order valence-corrected chi connectivity index (χ1v) is 9.15. The van der Waals surface area contributed by atoms with Crippen molar-refractivity contribution in [3.63, 3.8) is 0 Å². The maximum atomic E-state index is 6.02. The lowest BCUT2D eigenvalue weighted by Gasteiger charge is -2.03. The molecule has 25 heavy (non-hydrogen) atoms. The van der Waals surface area contributed by atoms with Gasteiger partial charge >= 0.3 is 0 Å². The third-order valence-electron chi connectivity index (χ3n) is 3.78. The fourth-order valence-electron chi connectivity index (χ4n) is 2.52. The van der Waals surface area contributed by atoms with Gasteiger partial charge in [-0.15, -0.1) is 16.4 Å². The summed E-state index contributed by atoms with van der Waals surface area (Å²) in [6, 6.07) is 15.8. The maximum absolute atomic E-state index is 6.02. The largest absolute Gasteiger partial charge is 0.388 e. The number of aryl methyl sites for hydroxylation is 2. The molecular weight excluding hydrogens is 356 g/mol. The van der Waals surface area contributed by atoms with Gasteiger partial charge in [-0.1, -0.05) is 46.8 Å². The number of halogens is 1. The van der Waals surface area contributed by atoms with Crippen LogP contribution in [0.15, 0.2) is 53.9 Å². The van der Waals surface area contributed by atoms with Gasteiger partial charge in [0.25, 0.3) is 0 Å². The minimum absolute atomic E-state index is 0.340. The summed E-state index contributed by atoms with van der Waals surface area (Å²) in [4.78, 5) is 11.7. The van der Waals surface area contributed by atoms with Crippen LogP contribution in [0.5, 0.6) is 0 Å². The van der Waals surface area contributed by atoms with Crippen molar-refractivity contribution in [2.75, 3.05) is 0 Å². The van der Waals surface area contributed by atoms with Crippen LogP contribution >= 0.6 is 22.9 Å². The smallest absolute Gasteiger partial charge is 0.159 e. The normalized spacial score (nSPS) is 11.1. The van der Waals surface area contributed by atoms with E-state index in [2.05, 4.69) is 39.6 Å². The molecule has 0 unspecified atom stereocenters. The number of hydrogen-bond donors (Lipinski definition) is 0. The lowest BCUT2D eigenvalue weighted by atomic mass is 10.1. The van der Waals surface area contributed by atoms with E-state index >= 15 is 0 Å². The van der Waals surface area contributed by atoms with E-state index in [4.69, 9.17) is 16.4 Å². The summed E-state index contributed by atoms with van der Waals surface area (Å²) in [7, 11) is 0. The second kappa shape index (κ2) is 7.21. The van der Waals surface area contributed by atoms with Crippen molar-refractivity contribution in [1.29, 1.82) is 0 Å². The Morgan fingerprint density at radius 3 is 2.84 bits per heavy atom. The highest BCUT2D eigenvalue weighted by molar-refractivity contribution is 7.09. The molecule has 0 radical (unpaired) electrons. The van der Waals surface area contributed by atoms with Crippen LogP contribution in [-0.2, 0) is 19.4 Å². The number of hydrogen-bond acceptors (Lipinski definition) is 5. The first kappa shape index (κ1) is 16.1. The van der Waals surface area contributed by atoms with Gasteiger partial charge in [0.1, 0.15) is 11.0 Å². The zero-order valence-electron chi connectivity index (χ0n) is 13.3. The zero-order chi connectivity index (χ0) is 17.1. The van der Waals surface area contributed by atoms with E-state index in [1.54, 1.807) is 23.5 Å². The number of fused-ring (bicyclic) bond motifs is 1. The molecule has 4 aromatic rings. The molecule has 0 saturated heterocycles. The van der Waals surface area contributed by atoms with Crippen LogP contribution in [0, 0.1) is 0 Å². The van der Waals surface area contributed by atoms with E-state index in [1.165, 1.54) is 10.4 Å². The van der Waals surface area contributed by atoms with Crippen LogP contribution in [0.25, 0.3) is 11.0 Å². The predicted molar refractivity (Wildman–Crippen MR) is 98.8 cm³/mol. The Morgan fingerprint density at radius 2 is 1.96 bits per heavy atom. The highest BCUT2D eigenvalue weighted by Gasteiger charge is 2.08. The van der Waals surface area contributed by atoms with Crippen LogP contribution in [0.3, 0.4) is 0 Å². The lowest BCUT2D eigenvalue weighted by molar-refractivity contribution is 0.0734. The van der Waals surface area contributed by atoms with Crippen molar-refractivity contribution in [2.24, 2.45) is 0 Å². The molecule has 0 spiro atoms. The number of benzene rings is 2. The standard InChI is InChI=1S/C18H15ClN4OS/c19-14-7-8-16-17(10-14)23(22-21-16)24-11-15-12-25-18(20-15)9-6-13-4-2-1-3-5-13/h1-5,7-8,10,12H,6,9,11H2. The Morgan fingerprint density at radius 1 is 1.08 bits per heavy atom. The van der Waals surface area contributed by atoms with E-state index in [0.717, 1.165) is 34.6 Å². The Labute approximate surface area is 153 Å². The van der Waals surface area contributed by atoms with Crippen molar-refractivity contribution in [3.05, 3.63) is 75.2 Å². The molecule has 0 atom stereocenters. The van der Waals surface area contributed by atoms with Gasteiger partial charge < -0.3 is 4.84 Å². The highest BCUT2D eigenvalue weighted by atomic mass is 35.5. The van der Waals surface area contributed by atoms with E-state index < -0.39 is 0 Å². The first-order chi connectivity index (χ1) is 12.3. The van der Waals surface area contributed by atoms with Crippen LogP contribution in [0.2, 0.25) is 5.02 Å². The summed E-state index contributed by atoms with van der Waals surface area (Å²) >= 11 is 7.67. The quantitative estimate of drug-likeness (QED) is 0.515. The number of thiazole rings is 1. The summed E-state index contributed by atoms with van der Waals surface area (Å²) < 4.78 is 0. The summed E-state index contributed by atoms with van der Waals surface area (Å²) in [6.07, 6.45) is 1.91. The van der Waals surface area contributed by atoms with Crippen molar-refractivity contribution in [2.45, 2.75) is 19.4 Å². The molecule has 7 heteroatoms. The maximum Gasteiger partial charge on any atom is 0.159 e. The van der Waals surface area contributed by atoms with Crippen molar-refractivity contribution >= 4 is 34.0 Å². The molecule has 126 valence electrons. The van der Waals surface area contributed by atoms with Crippen molar-refractivity contribution in [3.8, 4) is 0 Å². The molecule has 0 aliphatic carbocycles. The summed E-state index contributed by atoms with van der Waals surface area (Å²) in [5.41, 5.74) is 3.69. The Hall–Kier alpha value is -2.44. The van der Waals surface area contributed by atoms with Gasteiger partial charge in [0, 0.05) is 16.8 Å². The average Bonchev–Trinajstić information content (AvgIpc) is 3.25. The second-order valence-corrected chi connectivity index (χ2v) is 6.97. The molecule has 0 N–H and O–H groups in total. The molecule has 2 aromatic carbocycles. The topological polar surface area (TPSA) is 52.8 Å².